The van der Waals surface area contributed by atoms with Gasteiger partial charge in [0.15, 0.2) is 11.6 Å². The number of carbonyl (C=O) groups is 1. The fraction of sp³-hybridized carbons (Fsp3) is 0.364. The normalized spacial score (nSPS) is 13.1. The van der Waals surface area contributed by atoms with E-state index in [1.807, 2.05) is 0 Å². The number of ether oxygens (including phenoxy) is 1. The SMILES string of the molecule is N[C@@H](CCc1ccc(OC(F)(F)F)c(F)c1)C(=O)O. The van der Waals surface area contributed by atoms with Crippen LogP contribution in [0.2, 0.25) is 0 Å². The van der Waals surface area contributed by atoms with Gasteiger partial charge in [-0.1, -0.05) is 6.07 Å². The minimum atomic E-state index is -4.96. The van der Waals surface area contributed by atoms with Crippen molar-refractivity contribution in [1.82, 2.24) is 0 Å². The Balaban J connectivity index is 2.69. The average Bonchev–Trinajstić information content (AvgIpc) is 2.27. The minimum Gasteiger partial charge on any atom is -0.480 e. The number of aryl methyl sites for hydroxylation is 1. The number of halogens is 4. The maximum Gasteiger partial charge on any atom is 0.573 e. The maximum absolute atomic E-state index is 13.3. The molecule has 3 N–H and O–H groups in total. The van der Waals surface area contributed by atoms with Crippen molar-refractivity contribution in [3.05, 3.63) is 29.6 Å². The van der Waals surface area contributed by atoms with Gasteiger partial charge >= 0.3 is 12.3 Å². The molecule has 19 heavy (non-hydrogen) atoms. The molecule has 0 saturated heterocycles. The van der Waals surface area contributed by atoms with Crippen LogP contribution in [-0.2, 0) is 11.2 Å². The Hall–Kier alpha value is -1.83. The first kappa shape index (κ1) is 15.2. The van der Waals surface area contributed by atoms with Crippen molar-refractivity contribution in [3.8, 4) is 5.75 Å². The molecule has 0 unspecified atom stereocenters. The molecule has 0 spiro atoms. The first-order chi connectivity index (χ1) is 8.69. The lowest BCUT2D eigenvalue weighted by Gasteiger charge is -2.11. The highest BCUT2D eigenvalue weighted by Crippen LogP contribution is 2.26. The second kappa shape index (κ2) is 5.87. The first-order valence-electron chi connectivity index (χ1n) is 5.21. The van der Waals surface area contributed by atoms with E-state index in [2.05, 4.69) is 4.74 Å². The molecule has 0 radical (unpaired) electrons. The number of hydrogen-bond acceptors (Lipinski definition) is 3. The number of carboxylic acids is 1. The van der Waals surface area contributed by atoms with Crippen LogP contribution < -0.4 is 10.5 Å². The smallest absolute Gasteiger partial charge is 0.480 e. The summed E-state index contributed by atoms with van der Waals surface area (Å²) in [5.74, 6) is -3.30. The lowest BCUT2D eigenvalue weighted by atomic mass is 10.1. The lowest BCUT2D eigenvalue weighted by molar-refractivity contribution is -0.275. The predicted octanol–water partition coefficient (Wildman–Crippen LogP) is 2.07. The van der Waals surface area contributed by atoms with Crippen LogP contribution in [0.3, 0.4) is 0 Å². The second-order valence-electron chi connectivity index (χ2n) is 3.80. The summed E-state index contributed by atoms with van der Waals surface area (Å²) in [4.78, 5) is 10.5. The topological polar surface area (TPSA) is 72.5 Å². The van der Waals surface area contributed by atoms with Gasteiger partial charge in [0.1, 0.15) is 6.04 Å². The van der Waals surface area contributed by atoms with E-state index in [-0.39, 0.29) is 12.8 Å². The zero-order chi connectivity index (χ0) is 14.6. The van der Waals surface area contributed by atoms with E-state index in [1.165, 1.54) is 6.07 Å². The van der Waals surface area contributed by atoms with Crippen molar-refractivity contribution >= 4 is 5.97 Å². The Bertz CT molecular complexity index is 462. The Morgan fingerprint density at radius 3 is 2.53 bits per heavy atom. The molecule has 0 aromatic heterocycles. The van der Waals surface area contributed by atoms with Crippen molar-refractivity contribution in [2.75, 3.05) is 0 Å². The van der Waals surface area contributed by atoms with E-state index in [0.29, 0.717) is 5.56 Å². The van der Waals surface area contributed by atoms with Gasteiger partial charge < -0.3 is 15.6 Å². The molecular weight excluding hydrogens is 270 g/mol. The van der Waals surface area contributed by atoms with E-state index >= 15 is 0 Å². The largest absolute Gasteiger partial charge is 0.573 e. The van der Waals surface area contributed by atoms with Crippen LogP contribution >= 0.6 is 0 Å². The molecule has 106 valence electrons. The summed E-state index contributed by atoms with van der Waals surface area (Å²) in [5.41, 5.74) is 5.59. The molecule has 0 aliphatic rings. The van der Waals surface area contributed by atoms with Crippen molar-refractivity contribution in [2.45, 2.75) is 25.2 Å². The molecule has 1 aromatic rings. The summed E-state index contributed by atoms with van der Waals surface area (Å²) in [6.07, 6.45) is -4.78. The third-order valence-corrected chi connectivity index (χ3v) is 2.28. The summed E-state index contributed by atoms with van der Waals surface area (Å²) in [6.45, 7) is 0. The molecule has 0 fully saturated rings. The number of benzene rings is 1. The molecule has 0 saturated carbocycles. The molecule has 1 rings (SSSR count). The van der Waals surface area contributed by atoms with Gasteiger partial charge in [-0.05, 0) is 30.5 Å². The number of carboxylic acid groups (broad SMARTS) is 1. The molecule has 0 amide bonds. The van der Waals surface area contributed by atoms with Gasteiger partial charge in [0.2, 0.25) is 0 Å². The number of nitrogens with two attached hydrogens (primary N) is 1. The van der Waals surface area contributed by atoms with Crippen LogP contribution in [0.25, 0.3) is 0 Å². The third kappa shape index (κ3) is 5.12. The number of aliphatic carboxylic acids is 1. The Morgan fingerprint density at radius 1 is 1.42 bits per heavy atom. The van der Waals surface area contributed by atoms with E-state index in [4.69, 9.17) is 10.8 Å². The van der Waals surface area contributed by atoms with E-state index < -0.39 is 29.9 Å². The van der Waals surface area contributed by atoms with E-state index in [0.717, 1.165) is 12.1 Å². The van der Waals surface area contributed by atoms with Gasteiger partial charge in [0, 0.05) is 0 Å². The van der Waals surface area contributed by atoms with Crippen LogP contribution in [0.1, 0.15) is 12.0 Å². The van der Waals surface area contributed by atoms with Gasteiger partial charge in [-0.25, -0.2) is 4.39 Å². The third-order valence-electron chi connectivity index (χ3n) is 2.28. The molecule has 1 aromatic carbocycles. The summed E-state index contributed by atoms with van der Waals surface area (Å²) in [7, 11) is 0. The molecule has 0 bridgehead atoms. The van der Waals surface area contributed by atoms with Gasteiger partial charge in [-0.2, -0.15) is 0 Å². The summed E-state index contributed by atoms with van der Waals surface area (Å²) in [5, 5.41) is 8.54. The highest BCUT2D eigenvalue weighted by Gasteiger charge is 2.32. The minimum absolute atomic E-state index is 0.0498. The van der Waals surface area contributed by atoms with Gasteiger partial charge in [0.25, 0.3) is 0 Å². The van der Waals surface area contributed by atoms with E-state index in [9.17, 15) is 22.4 Å². The first-order valence-corrected chi connectivity index (χ1v) is 5.21. The van der Waals surface area contributed by atoms with Crippen molar-refractivity contribution < 1.29 is 32.2 Å². The zero-order valence-electron chi connectivity index (χ0n) is 9.58. The summed E-state index contributed by atoms with van der Waals surface area (Å²) < 4.78 is 52.4. The quantitative estimate of drug-likeness (QED) is 0.810. The van der Waals surface area contributed by atoms with Crippen molar-refractivity contribution in [3.63, 3.8) is 0 Å². The second-order valence-corrected chi connectivity index (χ2v) is 3.80. The van der Waals surface area contributed by atoms with Crippen LogP contribution in [0.5, 0.6) is 5.75 Å². The highest BCUT2D eigenvalue weighted by molar-refractivity contribution is 5.73. The van der Waals surface area contributed by atoms with Crippen LogP contribution in [0.15, 0.2) is 18.2 Å². The summed E-state index contributed by atoms with van der Waals surface area (Å²) in [6, 6.07) is 1.81. The van der Waals surface area contributed by atoms with Crippen LogP contribution in [-0.4, -0.2) is 23.5 Å². The fourth-order valence-electron chi connectivity index (χ4n) is 1.35. The predicted molar refractivity (Wildman–Crippen MR) is 57.0 cm³/mol. The number of rotatable bonds is 5. The highest BCUT2D eigenvalue weighted by atomic mass is 19.4. The zero-order valence-corrected chi connectivity index (χ0v) is 9.58. The number of alkyl halides is 3. The van der Waals surface area contributed by atoms with Crippen molar-refractivity contribution in [1.29, 1.82) is 0 Å². The Morgan fingerprint density at radius 2 is 2.05 bits per heavy atom. The number of hydrogen-bond donors (Lipinski definition) is 2. The van der Waals surface area contributed by atoms with Crippen molar-refractivity contribution in [2.24, 2.45) is 5.73 Å². The molecular formula is C11H11F4NO3. The van der Waals surface area contributed by atoms with Gasteiger partial charge in [-0.15, -0.1) is 13.2 Å². The fourth-order valence-corrected chi connectivity index (χ4v) is 1.35. The average molecular weight is 281 g/mol. The molecule has 0 aliphatic carbocycles. The Kier molecular flexibility index (Phi) is 4.71. The van der Waals surface area contributed by atoms with Gasteiger partial charge in [-0.3, -0.25) is 4.79 Å². The molecule has 1 atom stereocenters. The molecule has 0 heterocycles. The Labute approximate surface area is 105 Å². The molecule has 8 heteroatoms. The standard InChI is InChI=1S/C11H11F4NO3/c12-7-5-6(1-3-8(16)10(17)18)2-4-9(7)19-11(13,14)15/h2,4-5,8H,1,3,16H2,(H,17,18)/t8-/m0/s1. The van der Waals surface area contributed by atoms with Crippen LogP contribution in [0, 0.1) is 5.82 Å². The molecule has 4 nitrogen and oxygen atoms in total. The summed E-state index contributed by atoms with van der Waals surface area (Å²) >= 11 is 0. The maximum atomic E-state index is 13.3. The van der Waals surface area contributed by atoms with Crippen LogP contribution in [0.4, 0.5) is 17.6 Å². The monoisotopic (exact) mass is 281 g/mol. The molecule has 0 aliphatic heterocycles. The van der Waals surface area contributed by atoms with E-state index in [1.54, 1.807) is 0 Å². The lowest BCUT2D eigenvalue weighted by Crippen LogP contribution is -2.30. The van der Waals surface area contributed by atoms with Gasteiger partial charge in [0.05, 0.1) is 0 Å².